The highest BCUT2D eigenvalue weighted by molar-refractivity contribution is 5.77. The number of nitrogens with zero attached hydrogens (tertiary/aromatic N) is 2. The lowest BCUT2D eigenvalue weighted by Gasteiger charge is -2.22. The summed E-state index contributed by atoms with van der Waals surface area (Å²) in [6.07, 6.45) is -2.96. The second-order valence-electron chi connectivity index (χ2n) is 2.61. The maximum Gasteiger partial charge on any atom is 0.470 e. The van der Waals surface area contributed by atoms with Crippen LogP contribution in [0.4, 0.5) is 18.0 Å². The number of halogens is 3. The normalized spacial score (nSPS) is 27.5. The summed E-state index contributed by atoms with van der Waals surface area (Å²) < 4.78 is 35.5. The molecule has 0 aromatic heterocycles. The van der Waals surface area contributed by atoms with Gasteiger partial charge in [-0.25, -0.2) is 4.79 Å². The average Bonchev–Trinajstić information content (AvgIpc) is 2.31. The number of urea groups is 1. The van der Waals surface area contributed by atoms with Crippen molar-refractivity contribution in [1.29, 1.82) is 0 Å². The van der Waals surface area contributed by atoms with Crippen molar-refractivity contribution in [2.75, 3.05) is 7.05 Å². The van der Waals surface area contributed by atoms with Crippen LogP contribution in [0.1, 0.15) is 0 Å². The molecular weight excluding hydrogens is 187 g/mol. The van der Waals surface area contributed by atoms with Gasteiger partial charge in [-0.3, -0.25) is 0 Å². The summed E-state index contributed by atoms with van der Waals surface area (Å²) in [5.74, 6) is 0. The first-order valence-corrected chi connectivity index (χ1v) is 3.28. The molecular formula is C6H7F3N3O+. The van der Waals surface area contributed by atoms with Gasteiger partial charge in [0.25, 0.3) is 5.70 Å². The van der Waals surface area contributed by atoms with E-state index in [1.807, 2.05) is 0 Å². The zero-order valence-corrected chi connectivity index (χ0v) is 6.67. The number of primary amides is 1. The molecule has 7 heteroatoms. The highest BCUT2D eigenvalue weighted by Crippen LogP contribution is 2.34. The quantitative estimate of drug-likeness (QED) is 0.573. The number of rotatable bonds is 0. The summed E-state index contributed by atoms with van der Waals surface area (Å²) in [5.41, 5.74) is 3.71. The van der Waals surface area contributed by atoms with E-state index in [2.05, 4.69) is 5.10 Å². The van der Waals surface area contributed by atoms with E-state index in [9.17, 15) is 18.0 Å². The van der Waals surface area contributed by atoms with Gasteiger partial charge in [0.1, 0.15) is 7.05 Å². The molecule has 0 fully saturated rings. The lowest BCUT2D eigenvalue weighted by molar-refractivity contribution is -0.803. The van der Waals surface area contributed by atoms with Crippen molar-refractivity contribution in [3.05, 3.63) is 11.8 Å². The van der Waals surface area contributed by atoms with Crippen LogP contribution in [0.2, 0.25) is 0 Å². The Labute approximate surface area is 71.7 Å². The Morgan fingerprint density at radius 2 is 2.15 bits per heavy atom. The fourth-order valence-corrected chi connectivity index (χ4v) is 0.962. The number of nitrogens with two attached hydrogens (primary N) is 1. The van der Waals surface area contributed by atoms with E-state index in [4.69, 9.17) is 5.73 Å². The predicted molar refractivity (Wildman–Crippen MR) is 38.4 cm³/mol. The second-order valence-corrected chi connectivity index (χ2v) is 2.61. The minimum Gasteiger partial charge on any atom is -0.316 e. The highest BCUT2D eigenvalue weighted by atomic mass is 19.4. The van der Waals surface area contributed by atoms with Gasteiger partial charge in [-0.1, -0.05) is 9.69 Å². The third-order valence-electron chi connectivity index (χ3n) is 1.72. The molecule has 0 spiro atoms. The lowest BCUT2D eigenvalue weighted by Crippen LogP contribution is -2.49. The zero-order chi connectivity index (χ0) is 10.3. The summed E-state index contributed by atoms with van der Waals surface area (Å²) in [4.78, 5) is 10.7. The minimum absolute atomic E-state index is 0.727. The van der Waals surface area contributed by atoms with E-state index < -0.39 is 22.5 Å². The molecule has 72 valence electrons. The summed E-state index contributed by atoms with van der Waals surface area (Å²) in [6.45, 7) is 0. The monoisotopic (exact) mass is 194 g/mol. The number of hydrogen-bond acceptors (Lipinski definition) is 2. The van der Waals surface area contributed by atoms with Gasteiger partial charge in [0.2, 0.25) is 0 Å². The molecule has 13 heavy (non-hydrogen) atoms. The van der Waals surface area contributed by atoms with Crippen LogP contribution in [0.25, 0.3) is 0 Å². The van der Waals surface area contributed by atoms with Crippen LogP contribution in [-0.2, 0) is 0 Å². The minimum atomic E-state index is -4.60. The van der Waals surface area contributed by atoms with Crippen LogP contribution < -0.4 is 5.73 Å². The lowest BCUT2D eigenvalue weighted by atomic mass is 10.3. The zero-order valence-electron chi connectivity index (χ0n) is 6.67. The summed E-state index contributed by atoms with van der Waals surface area (Å²) in [5, 5.41) is 3.34. The van der Waals surface area contributed by atoms with Crippen LogP contribution in [0.15, 0.2) is 16.9 Å². The molecule has 0 aliphatic carbocycles. The second kappa shape index (κ2) is 2.56. The van der Waals surface area contributed by atoms with Crippen LogP contribution in [0.5, 0.6) is 0 Å². The predicted octanol–water partition coefficient (Wildman–Crippen LogP) is 0.957. The molecule has 1 heterocycles. The SMILES string of the molecule is C[N+]1(C(N)=O)N=CC=C1C(F)(F)F. The molecule has 0 radical (unpaired) electrons. The van der Waals surface area contributed by atoms with Gasteiger partial charge in [-0.2, -0.15) is 13.2 Å². The van der Waals surface area contributed by atoms with Gasteiger partial charge < -0.3 is 5.73 Å². The van der Waals surface area contributed by atoms with Crippen LogP contribution in [-0.4, -0.2) is 30.1 Å². The molecule has 0 aromatic rings. The van der Waals surface area contributed by atoms with E-state index in [1.54, 1.807) is 0 Å². The topological polar surface area (TPSA) is 55.5 Å². The Morgan fingerprint density at radius 1 is 1.62 bits per heavy atom. The van der Waals surface area contributed by atoms with Gasteiger partial charge in [0.05, 0.1) is 6.21 Å². The smallest absolute Gasteiger partial charge is 0.316 e. The number of carbonyl (C=O) groups excluding carboxylic acids is 1. The fraction of sp³-hybridized carbons (Fsp3) is 0.333. The molecule has 0 aromatic carbocycles. The van der Waals surface area contributed by atoms with E-state index in [0.29, 0.717) is 0 Å². The molecule has 1 rings (SSSR count). The van der Waals surface area contributed by atoms with E-state index >= 15 is 0 Å². The summed E-state index contributed by atoms with van der Waals surface area (Å²) >= 11 is 0. The van der Waals surface area contributed by atoms with Crippen molar-refractivity contribution < 1.29 is 22.6 Å². The first-order chi connectivity index (χ1) is 5.78. The number of hydrogen-bond donors (Lipinski definition) is 1. The largest absolute Gasteiger partial charge is 0.470 e. The third kappa shape index (κ3) is 1.42. The Morgan fingerprint density at radius 3 is 2.46 bits per heavy atom. The van der Waals surface area contributed by atoms with E-state index in [0.717, 1.165) is 19.3 Å². The molecule has 0 saturated heterocycles. The van der Waals surface area contributed by atoms with Gasteiger partial charge in [0.15, 0.2) is 0 Å². The van der Waals surface area contributed by atoms with Crippen LogP contribution >= 0.6 is 0 Å². The molecule has 0 saturated carbocycles. The van der Waals surface area contributed by atoms with Crippen LogP contribution in [0.3, 0.4) is 0 Å². The molecule has 0 bridgehead atoms. The van der Waals surface area contributed by atoms with Gasteiger partial charge >= 0.3 is 12.2 Å². The van der Waals surface area contributed by atoms with Crippen molar-refractivity contribution in [1.82, 2.24) is 0 Å². The Balaban J connectivity index is 3.11. The molecule has 1 atom stereocenters. The van der Waals surface area contributed by atoms with E-state index in [1.165, 1.54) is 0 Å². The van der Waals surface area contributed by atoms with Crippen molar-refractivity contribution in [2.24, 2.45) is 10.8 Å². The third-order valence-corrected chi connectivity index (χ3v) is 1.72. The standard InChI is InChI=1S/C6H6F3N3O/c1-12(5(10)13)4(2-3-11-12)6(7,8)9/h2-3H,1H3,(H-,10,13)/p+1. The number of allylic oxidation sites excluding steroid dienone is 2. The van der Waals surface area contributed by atoms with E-state index in [-0.39, 0.29) is 0 Å². The maximum absolute atomic E-state index is 12.2. The molecule has 1 unspecified atom stereocenters. The Hall–Kier alpha value is -1.37. The van der Waals surface area contributed by atoms with Crippen LogP contribution in [0, 0.1) is 0 Å². The first-order valence-electron chi connectivity index (χ1n) is 3.28. The number of amides is 2. The molecule has 2 amide bonds. The number of carbonyl (C=O) groups is 1. The highest BCUT2D eigenvalue weighted by Gasteiger charge is 2.53. The number of alkyl halides is 3. The van der Waals surface area contributed by atoms with Crippen molar-refractivity contribution in [2.45, 2.75) is 6.18 Å². The maximum atomic E-state index is 12.2. The molecule has 1 aliphatic rings. The van der Waals surface area contributed by atoms with Gasteiger partial charge in [0, 0.05) is 6.08 Å². The van der Waals surface area contributed by atoms with Gasteiger partial charge in [-0.15, -0.1) is 0 Å². The van der Waals surface area contributed by atoms with Crippen molar-refractivity contribution in [3.63, 3.8) is 0 Å². The molecule has 4 nitrogen and oxygen atoms in total. The average molecular weight is 194 g/mol. The summed E-state index contributed by atoms with van der Waals surface area (Å²) in [6, 6.07) is -1.17. The molecule has 2 N–H and O–H groups in total. The van der Waals surface area contributed by atoms with Gasteiger partial charge in [-0.05, 0) is 0 Å². The Kier molecular flexibility index (Phi) is 1.91. The number of quaternary nitrogens is 1. The van der Waals surface area contributed by atoms with Crippen molar-refractivity contribution >= 4 is 12.2 Å². The summed E-state index contributed by atoms with van der Waals surface area (Å²) in [7, 11) is 0.977. The first kappa shape index (κ1) is 9.72. The molecule has 1 aliphatic heterocycles. The fourth-order valence-electron chi connectivity index (χ4n) is 0.962. The Bertz CT molecular complexity index is 307. The van der Waals surface area contributed by atoms with Crippen molar-refractivity contribution in [3.8, 4) is 0 Å².